The van der Waals surface area contributed by atoms with Gasteiger partial charge in [-0.05, 0) is 38.3 Å². The van der Waals surface area contributed by atoms with Crippen LogP contribution in [0.4, 0.5) is 0 Å². The van der Waals surface area contributed by atoms with E-state index in [2.05, 4.69) is 11.9 Å². The lowest BCUT2D eigenvalue weighted by Crippen LogP contribution is -2.56. The van der Waals surface area contributed by atoms with Crippen molar-refractivity contribution >= 4 is 67.4 Å². The smallest absolute Gasteiger partial charge is 0.343 e. The van der Waals surface area contributed by atoms with Crippen molar-refractivity contribution in [1.82, 2.24) is 14.5 Å². The van der Waals surface area contributed by atoms with Gasteiger partial charge in [0.1, 0.15) is 6.23 Å². The van der Waals surface area contributed by atoms with Gasteiger partial charge in [-0.15, -0.1) is 0 Å². The number of imide groups is 1. The van der Waals surface area contributed by atoms with Crippen molar-refractivity contribution < 1.29 is 38.5 Å². The number of unbranched alkanes of at least 4 members (excludes halogenated alkanes) is 2. The number of fused-ring (bicyclic) bond motifs is 13. The molecule has 3 aromatic carbocycles. The summed E-state index contributed by atoms with van der Waals surface area (Å²) in [5, 5.41) is 17.6. The van der Waals surface area contributed by atoms with Crippen molar-refractivity contribution in [2.75, 3.05) is 13.2 Å². The van der Waals surface area contributed by atoms with E-state index >= 15 is 0 Å². The monoisotopic (exact) mass is 607 g/mol. The van der Waals surface area contributed by atoms with Crippen LogP contribution in [0.1, 0.15) is 59.6 Å². The first-order valence-corrected chi connectivity index (χ1v) is 15.0. The molecule has 0 saturated carbocycles. The number of esters is 2. The molecule has 45 heavy (non-hydrogen) atoms. The molecule has 2 N–H and O–H groups in total. The largest absolute Gasteiger partial charge is 0.463 e. The van der Waals surface area contributed by atoms with Crippen LogP contribution in [0.5, 0.6) is 0 Å². The molecular weight excluding hydrogens is 578 g/mol. The number of amides is 2. The summed E-state index contributed by atoms with van der Waals surface area (Å²) in [5.74, 6) is -2.26. The molecule has 3 aliphatic rings. The van der Waals surface area contributed by atoms with Crippen LogP contribution in [0.15, 0.2) is 61.2 Å². The van der Waals surface area contributed by atoms with Crippen molar-refractivity contribution in [3.63, 3.8) is 0 Å². The highest BCUT2D eigenvalue weighted by Crippen LogP contribution is 2.57. The fraction of sp³-hybridized carbons (Fsp3) is 0.294. The Morgan fingerprint density at radius 1 is 0.956 bits per heavy atom. The second-order valence-corrected chi connectivity index (χ2v) is 11.9. The molecule has 5 heterocycles. The molecule has 1 saturated heterocycles. The van der Waals surface area contributed by atoms with E-state index in [1.807, 2.05) is 57.7 Å². The Labute approximate surface area is 255 Å². The normalized spacial score (nSPS) is 23.2. The van der Waals surface area contributed by atoms with E-state index in [9.17, 15) is 24.3 Å². The van der Waals surface area contributed by atoms with Gasteiger partial charge in [-0.2, -0.15) is 0 Å². The Bertz CT molecular complexity index is 2180. The number of aliphatic hydroxyl groups is 1. The number of hydrogen-bond acceptors (Lipinski definition) is 8. The lowest BCUT2D eigenvalue weighted by Gasteiger charge is -2.37. The Kier molecular flexibility index (Phi) is 5.81. The van der Waals surface area contributed by atoms with Gasteiger partial charge in [0.05, 0.1) is 46.4 Å². The molecule has 11 heteroatoms. The van der Waals surface area contributed by atoms with Gasteiger partial charge in [0, 0.05) is 34.0 Å². The summed E-state index contributed by atoms with van der Waals surface area (Å²) in [6, 6.07) is 15.0. The summed E-state index contributed by atoms with van der Waals surface area (Å²) in [4.78, 5) is 51.9. The van der Waals surface area contributed by atoms with E-state index in [4.69, 9.17) is 14.2 Å². The Morgan fingerprint density at radius 3 is 2.24 bits per heavy atom. The molecule has 2 aromatic heterocycles. The summed E-state index contributed by atoms with van der Waals surface area (Å²) in [6.45, 7) is 5.34. The number of benzene rings is 3. The fourth-order valence-electron chi connectivity index (χ4n) is 7.54. The first-order valence-electron chi connectivity index (χ1n) is 15.0. The molecule has 2 amide bonds. The van der Waals surface area contributed by atoms with E-state index in [1.165, 1.54) is 0 Å². The minimum Gasteiger partial charge on any atom is -0.463 e. The third-order valence-electron chi connectivity index (χ3n) is 9.53. The van der Waals surface area contributed by atoms with E-state index in [-0.39, 0.29) is 25.2 Å². The lowest BCUT2D eigenvalue weighted by atomic mass is 9.88. The van der Waals surface area contributed by atoms with Crippen LogP contribution in [0.3, 0.4) is 0 Å². The van der Waals surface area contributed by atoms with Gasteiger partial charge in [0.15, 0.2) is 5.72 Å². The van der Waals surface area contributed by atoms with Gasteiger partial charge < -0.3 is 28.5 Å². The summed E-state index contributed by atoms with van der Waals surface area (Å²) in [6.07, 6.45) is 1.94. The van der Waals surface area contributed by atoms with Gasteiger partial charge in [-0.3, -0.25) is 14.9 Å². The maximum atomic E-state index is 13.9. The number of carbonyl (C=O) groups is 4. The highest BCUT2D eigenvalue weighted by atomic mass is 16.6. The van der Waals surface area contributed by atoms with Gasteiger partial charge in [0.25, 0.3) is 11.8 Å². The predicted molar refractivity (Wildman–Crippen MR) is 164 cm³/mol. The summed E-state index contributed by atoms with van der Waals surface area (Å²) >= 11 is 0. The third-order valence-corrected chi connectivity index (χ3v) is 9.53. The second-order valence-electron chi connectivity index (χ2n) is 11.9. The van der Waals surface area contributed by atoms with Gasteiger partial charge in [0.2, 0.25) is 5.60 Å². The molecule has 2 bridgehead atoms. The number of hydrogen-bond donors (Lipinski definition) is 2. The Morgan fingerprint density at radius 2 is 1.56 bits per heavy atom. The highest BCUT2D eigenvalue weighted by Gasteiger charge is 2.66. The fourth-order valence-corrected chi connectivity index (χ4v) is 7.54. The molecule has 1 unspecified atom stereocenters. The van der Waals surface area contributed by atoms with Crippen LogP contribution in [0.2, 0.25) is 0 Å². The van der Waals surface area contributed by atoms with Gasteiger partial charge >= 0.3 is 11.9 Å². The topological polar surface area (TPSA) is 138 Å². The van der Waals surface area contributed by atoms with E-state index < -0.39 is 41.3 Å². The van der Waals surface area contributed by atoms with Crippen LogP contribution in [0.25, 0.3) is 43.6 Å². The predicted octanol–water partition coefficient (Wildman–Crippen LogP) is 4.57. The van der Waals surface area contributed by atoms with Crippen LogP contribution < -0.4 is 5.32 Å². The average molecular weight is 608 g/mol. The SMILES string of the molecule is C=CC(=O)OCCCCCOC(=O)[C@@]1(O)CC2O[C@]1(C)n1c3ccccc3c3c4c(c5c6ccccc6n2c5c31)C(=O)NC4=O. The van der Waals surface area contributed by atoms with Crippen LogP contribution in [-0.2, 0) is 29.5 Å². The minimum atomic E-state index is -2.11. The van der Waals surface area contributed by atoms with Gasteiger partial charge in [-0.1, -0.05) is 43.0 Å². The number of aromatic nitrogens is 2. The summed E-state index contributed by atoms with van der Waals surface area (Å²) in [5.41, 5.74) is -0.493. The zero-order valence-corrected chi connectivity index (χ0v) is 24.4. The minimum absolute atomic E-state index is 0.0577. The second kappa shape index (κ2) is 9.50. The van der Waals surface area contributed by atoms with Crippen LogP contribution >= 0.6 is 0 Å². The van der Waals surface area contributed by atoms with E-state index in [1.54, 1.807) is 6.92 Å². The average Bonchev–Trinajstić information content (AvgIpc) is 3.70. The lowest BCUT2D eigenvalue weighted by molar-refractivity contribution is -0.204. The maximum Gasteiger partial charge on any atom is 0.343 e. The zero-order valence-electron chi connectivity index (χ0n) is 24.4. The molecular formula is C34H29N3O8. The highest BCUT2D eigenvalue weighted by molar-refractivity contribution is 6.39. The number of para-hydroxylation sites is 2. The van der Waals surface area contributed by atoms with E-state index in [0.717, 1.165) is 17.0 Å². The molecule has 0 radical (unpaired) electrons. The molecule has 3 aliphatic heterocycles. The molecule has 0 aliphatic carbocycles. The Balaban J connectivity index is 1.30. The number of ether oxygens (including phenoxy) is 3. The molecule has 0 spiro atoms. The quantitative estimate of drug-likeness (QED) is 0.113. The third kappa shape index (κ3) is 3.47. The first-order chi connectivity index (χ1) is 21.7. The van der Waals surface area contributed by atoms with Crippen LogP contribution in [-0.4, -0.2) is 56.8 Å². The number of nitrogens with zero attached hydrogens (tertiary/aromatic N) is 2. The summed E-state index contributed by atoms with van der Waals surface area (Å²) in [7, 11) is 0. The van der Waals surface area contributed by atoms with Crippen molar-refractivity contribution in [1.29, 1.82) is 0 Å². The molecule has 8 rings (SSSR count). The van der Waals surface area contributed by atoms with Crippen molar-refractivity contribution in [2.45, 2.75) is 50.2 Å². The number of nitrogens with one attached hydrogen (secondary N) is 1. The van der Waals surface area contributed by atoms with Crippen molar-refractivity contribution in [3.8, 4) is 0 Å². The maximum absolute atomic E-state index is 13.9. The number of carbonyl (C=O) groups excluding carboxylic acids is 4. The zero-order chi connectivity index (χ0) is 31.2. The number of rotatable bonds is 8. The molecule has 1 fully saturated rings. The molecule has 11 nitrogen and oxygen atoms in total. The van der Waals surface area contributed by atoms with Gasteiger partial charge in [-0.25, -0.2) is 9.59 Å². The van der Waals surface area contributed by atoms with Crippen LogP contribution in [0, 0.1) is 0 Å². The van der Waals surface area contributed by atoms with E-state index in [0.29, 0.717) is 57.5 Å². The van der Waals surface area contributed by atoms with Crippen molar-refractivity contribution in [3.05, 3.63) is 72.3 Å². The molecule has 228 valence electrons. The van der Waals surface area contributed by atoms with Crippen molar-refractivity contribution in [2.24, 2.45) is 0 Å². The molecule has 5 aromatic rings. The standard InChI is InChI=1S/C34H29N3O8/c1-3-23(38)43-15-9-4-10-16-44-32(41)34(42)17-22-36-20-13-7-5-11-18(20)24-26-27(31(40)35-30(26)39)25-19-12-6-8-14-21(19)37(29(25)28(24)36)33(34,2)45-22/h3,5-8,11-14,22,42H,1,4,9-10,15-17H2,2H3,(H,35,39,40)/t22?,33-,34-/m0/s1. The summed E-state index contributed by atoms with van der Waals surface area (Å²) < 4.78 is 21.2. The molecule has 3 atom stereocenters. The Hall–Kier alpha value is -5.00. The first kappa shape index (κ1) is 27.5.